The predicted molar refractivity (Wildman–Crippen MR) is 78.2 cm³/mol. The summed E-state index contributed by atoms with van der Waals surface area (Å²) in [5, 5.41) is 8.80. The van der Waals surface area contributed by atoms with Crippen molar-refractivity contribution >= 4 is 6.03 Å². The normalized spacial score (nSPS) is 10.5. The van der Waals surface area contributed by atoms with Gasteiger partial charge in [0.2, 0.25) is 0 Å². The van der Waals surface area contributed by atoms with Crippen LogP contribution in [0, 0.1) is 0 Å². The SMILES string of the molecule is [N-]=N/N=N/C(=O)N(Cc1ccccc1)Cc1ccccc1. The number of benzene rings is 2. The van der Waals surface area contributed by atoms with E-state index in [0.29, 0.717) is 13.1 Å². The maximum absolute atomic E-state index is 12.0. The molecule has 0 spiro atoms. The van der Waals surface area contributed by atoms with E-state index in [0.717, 1.165) is 11.1 Å². The zero-order valence-corrected chi connectivity index (χ0v) is 11.3. The molecule has 2 amide bonds. The minimum atomic E-state index is -0.555. The van der Waals surface area contributed by atoms with Gasteiger partial charge in [-0.15, -0.1) is 0 Å². The van der Waals surface area contributed by atoms with E-state index in [1.54, 1.807) is 0 Å². The summed E-state index contributed by atoms with van der Waals surface area (Å²) < 4.78 is 0. The van der Waals surface area contributed by atoms with Gasteiger partial charge in [0.25, 0.3) is 0 Å². The van der Waals surface area contributed by atoms with Crippen LogP contribution >= 0.6 is 0 Å². The molecule has 0 heterocycles. The fraction of sp³-hybridized carbons (Fsp3) is 0.133. The summed E-state index contributed by atoms with van der Waals surface area (Å²) in [6, 6.07) is 18.6. The fourth-order valence-electron chi connectivity index (χ4n) is 1.92. The quantitative estimate of drug-likeness (QED) is 0.597. The lowest BCUT2D eigenvalue weighted by molar-refractivity contribution is 0.200. The topological polar surface area (TPSA) is 79.7 Å². The Morgan fingerprint density at radius 1 is 0.905 bits per heavy atom. The van der Waals surface area contributed by atoms with Crippen LogP contribution in [0.2, 0.25) is 0 Å². The van der Waals surface area contributed by atoms with Crippen LogP contribution in [0.25, 0.3) is 5.53 Å². The highest BCUT2D eigenvalue weighted by Gasteiger charge is 2.12. The number of rotatable bonds is 5. The Hall–Kier alpha value is -2.89. The molecule has 6 nitrogen and oxygen atoms in total. The first kappa shape index (κ1) is 14.5. The third-order valence-electron chi connectivity index (χ3n) is 2.87. The molecule has 0 atom stereocenters. The minimum absolute atomic E-state index is 0.402. The Morgan fingerprint density at radius 2 is 1.38 bits per heavy atom. The molecule has 6 heteroatoms. The molecule has 0 aliphatic rings. The van der Waals surface area contributed by atoms with Crippen LogP contribution in [0.1, 0.15) is 11.1 Å². The lowest BCUT2D eigenvalue weighted by atomic mass is 10.2. The average Bonchev–Trinajstić information content (AvgIpc) is 2.54. The van der Waals surface area contributed by atoms with Crippen molar-refractivity contribution in [2.24, 2.45) is 15.6 Å². The predicted octanol–water partition coefficient (Wildman–Crippen LogP) is 4.20. The third kappa shape index (κ3) is 4.61. The second-order valence-corrected chi connectivity index (χ2v) is 4.39. The molecule has 0 N–H and O–H groups in total. The average molecular weight is 280 g/mol. The molecular weight excluding hydrogens is 266 g/mol. The minimum Gasteiger partial charge on any atom is -0.360 e. The van der Waals surface area contributed by atoms with Crippen LogP contribution in [0.5, 0.6) is 0 Å². The Balaban J connectivity index is 2.15. The van der Waals surface area contributed by atoms with E-state index in [1.165, 1.54) is 4.90 Å². The molecule has 0 unspecified atom stereocenters. The molecule has 0 fully saturated rings. The molecule has 2 aromatic rings. The number of hydrogen-bond donors (Lipinski definition) is 0. The van der Waals surface area contributed by atoms with Gasteiger partial charge in [-0.3, -0.25) is 10.4 Å². The van der Waals surface area contributed by atoms with E-state index in [4.69, 9.17) is 5.53 Å². The first-order valence-corrected chi connectivity index (χ1v) is 6.41. The molecule has 2 rings (SSSR count). The standard InChI is InChI=1S/C15H14N5O/c16-18-19-17-15(21)20(11-13-7-3-1-4-8-13)12-14-9-5-2-6-10-14/h1-10H,11-12H2/q-1/b19-17+. The fourth-order valence-corrected chi connectivity index (χ4v) is 1.92. The molecule has 2 aromatic carbocycles. The summed E-state index contributed by atoms with van der Waals surface area (Å²) >= 11 is 0. The van der Waals surface area contributed by atoms with Gasteiger partial charge in [-0.05, 0) is 11.1 Å². The Bertz CT molecular complexity index is 571. The second-order valence-electron chi connectivity index (χ2n) is 4.39. The van der Waals surface area contributed by atoms with Crippen molar-refractivity contribution in [3.63, 3.8) is 0 Å². The molecular formula is C15H14N5O-. The van der Waals surface area contributed by atoms with Crippen molar-refractivity contribution in [3.8, 4) is 0 Å². The van der Waals surface area contributed by atoms with E-state index in [1.807, 2.05) is 60.7 Å². The summed E-state index contributed by atoms with van der Waals surface area (Å²) in [7, 11) is 0. The van der Waals surface area contributed by atoms with Crippen LogP contribution < -0.4 is 0 Å². The first-order chi connectivity index (χ1) is 10.3. The first-order valence-electron chi connectivity index (χ1n) is 6.41. The van der Waals surface area contributed by atoms with Crippen LogP contribution in [0.15, 0.2) is 76.2 Å². The lowest BCUT2D eigenvalue weighted by Gasteiger charge is -2.20. The van der Waals surface area contributed by atoms with Gasteiger partial charge in [-0.25, -0.2) is 4.79 Å². The summed E-state index contributed by atoms with van der Waals surface area (Å²) in [6.45, 7) is 0.804. The number of amides is 2. The molecule has 0 aromatic heterocycles. The maximum atomic E-state index is 12.0. The van der Waals surface area contributed by atoms with Gasteiger partial charge in [-0.2, -0.15) is 5.11 Å². The highest BCUT2D eigenvalue weighted by Crippen LogP contribution is 2.11. The molecule has 0 aliphatic carbocycles. The van der Waals surface area contributed by atoms with Crippen molar-refractivity contribution in [3.05, 3.63) is 77.3 Å². The van der Waals surface area contributed by atoms with E-state index < -0.39 is 6.03 Å². The van der Waals surface area contributed by atoms with Crippen LogP contribution in [0.3, 0.4) is 0 Å². The van der Waals surface area contributed by atoms with Gasteiger partial charge in [0.15, 0.2) is 0 Å². The Morgan fingerprint density at radius 3 is 1.81 bits per heavy atom. The van der Waals surface area contributed by atoms with Crippen LogP contribution in [-0.2, 0) is 13.1 Å². The Labute approximate surface area is 122 Å². The maximum Gasteiger partial charge on any atom is 0.344 e. The summed E-state index contributed by atoms with van der Waals surface area (Å²) in [4.78, 5) is 13.5. The zero-order valence-electron chi connectivity index (χ0n) is 11.3. The van der Waals surface area contributed by atoms with Gasteiger partial charge in [0.1, 0.15) is 0 Å². The number of hydrogen-bond acceptors (Lipinski definition) is 1. The summed E-state index contributed by atoms with van der Waals surface area (Å²) in [5.74, 6) is 0. The second kappa shape index (κ2) is 7.64. The molecule has 0 bridgehead atoms. The monoisotopic (exact) mass is 280 g/mol. The zero-order chi connectivity index (χ0) is 14.9. The van der Waals surface area contributed by atoms with Crippen LogP contribution in [0.4, 0.5) is 4.79 Å². The number of carbonyl (C=O) groups is 1. The van der Waals surface area contributed by atoms with Crippen molar-refractivity contribution in [2.75, 3.05) is 0 Å². The van der Waals surface area contributed by atoms with E-state index in [9.17, 15) is 4.79 Å². The Kier molecular flexibility index (Phi) is 5.28. The summed E-state index contributed by atoms with van der Waals surface area (Å²) in [6.07, 6.45) is 0. The van der Waals surface area contributed by atoms with Gasteiger partial charge in [-0.1, -0.05) is 60.7 Å². The van der Waals surface area contributed by atoms with Crippen molar-refractivity contribution < 1.29 is 4.79 Å². The van der Waals surface area contributed by atoms with Gasteiger partial charge >= 0.3 is 6.03 Å². The largest absolute Gasteiger partial charge is 0.360 e. The lowest BCUT2D eigenvalue weighted by Crippen LogP contribution is -2.27. The van der Waals surface area contributed by atoms with Crippen LogP contribution in [-0.4, -0.2) is 10.9 Å². The smallest absolute Gasteiger partial charge is 0.344 e. The summed E-state index contributed by atoms with van der Waals surface area (Å²) in [5.41, 5.74) is 10.2. The van der Waals surface area contributed by atoms with Crippen molar-refractivity contribution in [1.82, 2.24) is 4.90 Å². The van der Waals surface area contributed by atoms with Crippen molar-refractivity contribution in [2.45, 2.75) is 13.1 Å². The highest BCUT2D eigenvalue weighted by atomic mass is 16.2. The highest BCUT2D eigenvalue weighted by molar-refractivity contribution is 5.74. The molecule has 106 valence electrons. The molecule has 0 saturated carbocycles. The van der Waals surface area contributed by atoms with Crippen molar-refractivity contribution in [1.29, 1.82) is 0 Å². The molecule has 0 aliphatic heterocycles. The van der Waals surface area contributed by atoms with Gasteiger partial charge < -0.3 is 10.4 Å². The van der Waals surface area contributed by atoms with Gasteiger partial charge in [0, 0.05) is 13.1 Å². The number of urea groups is 1. The molecule has 21 heavy (non-hydrogen) atoms. The van der Waals surface area contributed by atoms with Gasteiger partial charge in [0.05, 0.1) is 0 Å². The molecule has 0 saturated heterocycles. The number of carbonyl (C=O) groups excluding carboxylic acids is 1. The van der Waals surface area contributed by atoms with E-state index >= 15 is 0 Å². The number of nitrogens with zero attached hydrogens (tertiary/aromatic N) is 5. The van der Waals surface area contributed by atoms with E-state index in [2.05, 4.69) is 15.6 Å². The third-order valence-corrected chi connectivity index (χ3v) is 2.87. The molecule has 0 radical (unpaired) electrons. The van der Waals surface area contributed by atoms with E-state index in [-0.39, 0.29) is 0 Å².